The molecule has 1 heterocycles. The predicted molar refractivity (Wildman–Crippen MR) is 119 cm³/mol. The van der Waals surface area contributed by atoms with E-state index in [0.29, 0.717) is 19.6 Å². The number of nitrogens with zero attached hydrogens (tertiary/aromatic N) is 2. The van der Waals surface area contributed by atoms with Gasteiger partial charge in [0.2, 0.25) is 0 Å². The van der Waals surface area contributed by atoms with Crippen LogP contribution in [0.5, 0.6) is 0 Å². The highest BCUT2D eigenvalue weighted by Gasteiger charge is 2.15. The van der Waals surface area contributed by atoms with Crippen LogP contribution in [0, 0.1) is 5.82 Å². The fourth-order valence-electron chi connectivity index (χ4n) is 3.30. The van der Waals surface area contributed by atoms with Gasteiger partial charge in [0.05, 0.1) is 12.6 Å². The highest BCUT2D eigenvalue weighted by atomic mass is 19.1. The van der Waals surface area contributed by atoms with Gasteiger partial charge >= 0.3 is 6.03 Å². The third kappa shape index (κ3) is 6.52. The van der Waals surface area contributed by atoms with Crippen LogP contribution in [0.3, 0.4) is 0 Å². The molecule has 3 aromatic rings. The van der Waals surface area contributed by atoms with Crippen LogP contribution in [0.1, 0.15) is 22.7 Å². The summed E-state index contributed by atoms with van der Waals surface area (Å²) in [7, 11) is 3.78. The summed E-state index contributed by atoms with van der Waals surface area (Å²) in [5, 5.41) is 5.69. The average molecular weight is 423 g/mol. The lowest BCUT2D eigenvalue weighted by atomic mass is 10.1. The molecule has 0 fully saturated rings. The molecule has 1 aromatic heterocycles. The van der Waals surface area contributed by atoms with Crippen molar-refractivity contribution < 1.29 is 9.18 Å². The van der Waals surface area contributed by atoms with Crippen LogP contribution in [-0.4, -0.2) is 36.1 Å². The maximum atomic E-state index is 13.5. The van der Waals surface area contributed by atoms with Gasteiger partial charge in [0.1, 0.15) is 5.82 Å². The molecule has 1 atom stereocenters. The van der Waals surface area contributed by atoms with Gasteiger partial charge in [-0.2, -0.15) is 0 Å². The number of nitrogens with one attached hydrogen (secondary N) is 2. The summed E-state index contributed by atoms with van der Waals surface area (Å²) in [4.78, 5) is 26.0. The van der Waals surface area contributed by atoms with E-state index in [1.165, 1.54) is 18.2 Å². The summed E-state index contributed by atoms with van der Waals surface area (Å²) in [6, 6.07) is 18.8. The van der Waals surface area contributed by atoms with Gasteiger partial charge in [0, 0.05) is 25.4 Å². The van der Waals surface area contributed by atoms with Crippen LogP contribution < -0.4 is 16.2 Å². The normalized spacial score (nSPS) is 11.9. The number of aromatic nitrogens is 1. The molecule has 0 aliphatic heterocycles. The summed E-state index contributed by atoms with van der Waals surface area (Å²) in [5.74, 6) is -0.297. The van der Waals surface area contributed by atoms with E-state index < -0.39 is 0 Å². The molecule has 3 rings (SSSR count). The Morgan fingerprint density at radius 1 is 1.00 bits per heavy atom. The van der Waals surface area contributed by atoms with Crippen LogP contribution in [0.4, 0.5) is 9.18 Å². The Balaban J connectivity index is 1.50. The monoisotopic (exact) mass is 422 g/mol. The SMILES string of the molecule is CN(C)C(CNC(=O)NCc1ccc(Cn2ccccc2=O)cc1)c1cccc(F)c1. The summed E-state index contributed by atoms with van der Waals surface area (Å²) in [6.45, 7) is 1.23. The van der Waals surface area contributed by atoms with Crippen LogP contribution in [0.15, 0.2) is 77.7 Å². The largest absolute Gasteiger partial charge is 0.336 e. The molecule has 2 aromatic carbocycles. The Hall–Kier alpha value is -3.45. The van der Waals surface area contributed by atoms with Crippen molar-refractivity contribution in [3.8, 4) is 0 Å². The van der Waals surface area contributed by atoms with Crippen molar-refractivity contribution in [1.82, 2.24) is 20.1 Å². The van der Waals surface area contributed by atoms with Crippen LogP contribution in [0.25, 0.3) is 0 Å². The first-order valence-electron chi connectivity index (χ1n) is 10.1. The third-order valence-corrected chi connectivity index (χ3v) is 5.04. The van der Waals surface area contributed by atoms with Gasteiger partial charge in [-0.25, -0.2) is 9.18 Å². The molecule has 2 N–H and O–H groups in total. The summed E-state index contributed by atoms with van der Waals surface area (Å²) < 4.78 is 15.2. The predicted octanol–water partition coefficient (Wildman–Crippen LogP) is 3.14. The molecular formula is C24H27FN4O2. The molecule has 0 saturated carbocycles. The highest BCUT2D eigenvalue weighted by molar-refractivity contribution is 5.73. The number of carbonyl (C=O) groups is 1. The molecule has 6 nitrogen and oxygen atoms in total. The third-order valence-electron chi connectivity index (χ3n) is 5.04. The second-order valence-corrected chi connectivity index (χ2v) is 7.58. The van der Waals surface area contributed by atoms with E-state index in [0.717, 1.165) is 16.7 Å². The molecule has 0 bridgehead atoms. The first-order valence-corrected chi connectivity index (χ1v) is 10.1. The van der Waals surface area contributed by atoms with Gasteiger partial charge in [0.15, 0.2) is 0 Å². The molecule has 162 valence electrons. The standard InChI is InChI=1S/C24H27FN4O2/c1-28(2)22(20-6-5-7-21(25)14-20)16-27-24(31)26-15-18-9-11-19(12-10-18)17-29-13-4-3-8-23(29)30/h3-14,22H,15-17H2,1-2H3,(H2,26,27,31). The van der Waals surface area contributed by atoms with Gasteiger partial charge in [-0.1, -0.05) is 42.5 Å². The number of amides is 2. The minimum atomic E-state index is -0.297. The molecular weight excluding hydrogens is 395 g/mol. The maximum absolute atomic E-state index is 13.5. The van der Waals surface area contributed by atoms with E-state index in [1.807, 2.05) is 55.4 Å². The molecule has 0 aliphatic rings. The van der Waals surface area contributed by atoms with Gasteiger partial charge in [0.25, 0.3) is 5.56 Å². The Bertz CT molecular complexity index is 1060. The Kier molecular flexibility index (Phi) is 7.56. The van der Waals surface area contributed by atoms with E-state index in [4.69, 9.17) is 0 Å². The molecule has 0 aliphatic carbocycles. The van der Waals surface area contributed by atoms with Crippen molar-refractivity contribution in [3.63, 3.8) is 0 Å². The van der Waals surface area contributed by atoms with Crippen molar-refractivity contribution in [1.29, 1.82) is 0 Å². The Morgan fingerprint density at radius 2 is 1.74 bits per heavy atom. The molecule has 0 radical (unpaired) electrons. The maximum Gasteiger partial charge on any atom is 0.315 e. The minimum absolute atomic E-state index is 0.0424. The highest BCUT2D eigenvalue weighted by Crippen LogP contribution is 2.18. The smallest absolute Gasteiger partial charge is 0.315 e. The summed E-state index contributed by atoms with van der Waals surface area (Å²) in [5.41, 5.74) is 2.72. The fraction of sp³-hybridized carbons (Fsp3) is 0.250. The van der Waals surface area contributed by atoms with Crippen LogP contribution in [0.2, 0.25) is 0 Å². The Morgan fingerprint density at radius 3 is 2.42 bits per heavy atom. The number of pyridine rings is 1. The summed E-state index contributed by atoms with van der Waals surface area (Å²) in [6.07, 6.45) is 1.76. The number of halogens is 1. The molecule has 7 heteroatoms. The number of hydrogen-bond donors (Lipinski definition) is 2. The number of likely N-dealkylation sites (N-methyl/N-ethyl adjacent to an activating group) is 1. The number of rotatable bonds is 8. The van der Waals surface area contributed by atoms with E-state index in [1.54, 1.807) is 22.9 Å². The first kappa shape index (κ1) is 22.2. The van der Waals surface area contributed by atoms with Crippen molar-refractivity contribution in [2.75, 3.05) is 20.6 Å². The number of urea groups is 1. The number of carbonyl (C=O) groups excluding carboxylic acids is 1. The Labute approximate surface area is 181 Å². The lowest BCUT2D eigenvalue weighted by molar-refractivity contribution is 0.232. The topological polar surface area (TPSA) is 66.4 Å². The van der Waals surface area contributed by atoms with Crippen molar-refractivity contribution >= 4 is 6.03 Å². The van der Waals surface area contributed by atoms with Crippen LogP contribution >= 0.6 is 0 Å². The van der Waals surface area contributed by atoms with Crippen molar-refractivity contribution in [2.45, 2.75) is 19.1 Å². The van der Waals surface area contributed by atoms with Gasteiger partial charge in [-0.15, -0.1) is 0 Å². The van der Waals surface area contributed by atoms with E-state index in [2.05, 4.69) is 10.6 Å². The van der Waals surface area contributed by atoms with Gasteiger partial charge in [-0.3, -0.25) is 4.79 Å². The molecule has 1 unspecified atom stereocenters. The van der Waals surface area contributed by atoms with Gasteiger partial charge in [-0.05, 0) is 49.0 Å². The molecule has 31 heavy (non-hydrogen) atoms. The van der Waals surface area contributed by atoms with E-state index >= 15 is 0 Å². The zero-order valence-corrected chi connectivity index (χ0v) is 17.7. The minimum Gasteiger partial charge on any atom is -0.336 e. The fourth-order valence-corrected chi connectivity index (χ4v) is 3.30. The molecule has 2 amide bonds. The summed E-state index contributed by atoms with van der Waals surface area (Å²) >= 11 is 0. The average Bonchev–Trinajstić information content (AvgIpc) is 2.75. The second kappa shape index (κ2) is 10.5. The zero-order valence-electron chi connectivity index (χ0n) is 17.7. The second-order valence-electron chi connectivity index (χ2n) is 7.58. The lowest BCUT2D eigenvalue weighted by Gasteiger charge is -2.25. The van der Waals surface area contributed by atoms with E-state index in [9.17, 15) is 14.0 Å². The van der Waals surface area contributed by atoms with Crippen molar-refractivity contribution in [2.24, 2.45) is 0 Å². The molecule has 0 spiro atoms. The van der Waals surface area contributed by atoms with E-state index in [-0.39, 0.29) is 23.4 Å². The van der Waals surface area contributed by atoms with Crippen LogP contribution in [-0.2, 0) is 13.1 Å². The number of benzene rings is 2. The van der Waals surface area contributed by atoms with Crippen molar-refractivity contribution in [3.05, 3.63) is 106 Å². The number of hydrogen-bond acceptors (Lipinski definition) is 3. The molecule has 0 saturated heterocycles. The first-order chi connectivity index (χ1) is 14.9. The quantitative estimate of drug-likeness (QED) is 0.586. The lowest BCUT2D eigenvalue weighted by Crippen LogP contribution is -2.40. The zero-order chi connectivity index (χ0) is 22.2. The van der Waals surface area contributed by atoms with Gasteiger partial charge < -0.3 is 20.1 Å².